The van der Waals surface area contributed by atoms with E-state index in [0.29, 0.717) is 40.5 Å². The zero-order valence-electron chi connectivity index (χ0n) is 20.3. The first-order chi connectivity index (χ1) is 17.6. The van der Waals surface area contributed by atoms with Crippen LogP contribution in [0, 0.1) is 5.41 Å². The smallest absolute Gasteiger partial charge is 0.267 e. The normalized spacial score (nSPS) is 26.8. The summed E-state index contributed by atoms with van der Waals surface area (Å²) in [6.45, 7) is 1.63. The number of piperidine rings is 1. The molecule has 10 heteroatoms. The molecule has 3 unspecified atom stereocenters. The molecule has 5 heterocycles. The molecule has 0 aromatic carbocycles. The number of hydrogen-bond acceptors (Lipinski definition) is 7. The van der Waals surface area contributed by atoms with Crippen LogP contribution in [0.4, 0.5) is 11.8 Å². The first-order valence-electron chi connectivity index (χ1n) is 12.9. The minimum Gasteiger partial charge on any atom is -0.354 e. The van der Waals surface area contributed by atoms with Crippen LogP contribution in [0.15, 0.2) is 30.6 Å². The largest absolute Gasteiger partial charge is 0.354 e. The molecule has 2 amide bonds. The fraction of sp³-hybridized carbons (Fsp3) is 0.500. The number of hydrogen-bond donors (Lipinski definition) is 3. The molecule has 2 aliphatic carbocycles. The maximum atomic E-state index is 13.1. The lowest BCUT2D eigenvalue weighted by Crippen LogP contribution is -2.75. The van der Waals surface area contributed by atoms with Gasteiger partial charge in [0.15, 0.2) is 0 Å². The van der Waals surface area contributed by atoms with Gasteiger partial charge in [0.05, 0.1) is 5.56 Å². The summed E-state index contributed by atoms with van der Waals surface area (Å²) in [5.74, 6) is 0.897. The van der Waals surface area contributed by atoms with Gasteiger partial charge in [0.2, 0.25) is 5.95 Å². The van der Waals surface area contributed by atoms with E-state index in [1.54, 1.807) is 25.5 Å². The van der Waals surface area contributed by atoms with E-state index in [0.717, 1.165) is 49.8 Å². The summed E-state index contributed by atoms with van der Waals surface area (Å²) in [5, 5.41) is 10.3. The summed E-state index contributed by atoms with van der Waals surface area (Å²) < 4.78 is 2.06. The summed E-state index contributed by atoms with van der Waals surface area (Å²) in [7, 11) is 1.65. The average Bonchev–Trinajstić information content (AvgIpc) is 3.63. The van der Waals surface area contributed by atoms with E-state index < -0.39 is 0 Å². The van der Waals surface area contributed by atoms with Crippen LogP contribution in [0.3, 0.4) is 0 Å². The Hall–Kier alpha value is -3.53. The number of likely N-dealkylation sites (tertiary alicyclic amines) is 1. The van der Waals surface area contributed by atoms with Gasteiger partial charge in [-0.1, -0.05) is 12.8 Å². The van der Waals surface area contributed by atoms with Crippen molar-refractivity contribution in [1.82, 2.24) is 35.1 Å². The Morgan fingerprint density at radius 3 is 2.64 bits per heavy atom. The number of carbonyl (C=O) groups is 2. The Morgan fingerprint density at radius 2 is 1.97 bits per heavy atom. The molecule has 3 atom stereocenters. The van der Waals surface area contributed by atoms with E-state index in [1.807, 2.05) is 17.0 Å². The van der Waals surface area contributed by atoms with Crippen molar-refractivity contribution in [3.8, 4) is 0 Å². The molecule has 4 aliphatic rings. The van der Waals surface area contributed by atoms with Gasteiger partial charge in [-0.15, -0.1) is 0 Å². The molecule has 7 rings (SSSR count). The number of anilines is 2. The number of nitrogens with one attached hydrogen (secondary N) is 3. The van der Waals surface area contributed by atoms with Crippen LogP contribution < -0.4 is 16.0 Å². The van der Waals surface area contributed by atoms with Crippen LogP contribution in [0.5, 0.6) is 0 Å². The van der Waals surface area contributed by atoms with Gasteiger partial charge < -0.3 is 25.4 Å². The van der Waals surface area contributed by atoms with Gasteiger partial charge in [-0.25, -0.2) is 9.97 Å². The molecule has 3 N–H and O–H groups in total. The van der Waals surface area contributed by atoms with Crippen LogP contribution in [0.2, 0.25) is 0 Å². The van der Waals surface area contributed by atoms with Gasteiger partial charge in [0.25, 0.3) is 11.8 Å². The molecular weight excluding hydrogens is 456 g/mol. The van der Waals surface area contributed by atoms with Crippen LogP contribution >= 0.6 is 0 Å². The highest BCUT2D eigenvalue weighted by Crippen LogP contribution is 2.55. The summed E-state index contributed by atoms with van der Waals surface area (Å²) in [5.41, 5.74) is 2.28. The monoisotopic (exact) mass is 486 g/mol. The second kappa shape index (κ2) is 7.99. The van der Waals surface area contributed by atoms with E-state index >= 15 is 0 Å². The number of nitrogens with zero attached hydrogens (tertiary/aromatic N) is 5. The van der Waals surface area contributed by atoms with E-state index in [2.05, 4.69) is 30.5 Å². The maximum absolute atomic E-state index is 13.1. The topological polar surface area (TPSA) is 117 Å². The lowest BCUT2D eigenvalue weighted by Gasteiger charge is -2.61. The quantitative estimate of drug-likeness (QED) is 0.508. The second-order valence-electron chi connectivity index (χ2n) is 10.7. The molecule has 0 bridgehead atoms. The predicted octanol–water partition coefficient (Wildman–Crippen LogP) is 2.62. The molecule has 36 heavy (non-hydrogen) atoms. The lowest BCUT2D eigenvalue weighted by atomic mass is 9.55. The highest BCUT2D eigenvalue weighted by Gasteiger charge is 2.65. The first kappa shape index (κ1) is 21.7. The minimum atomic E-state index is -0.120. The summed E-state index contributed by atoms with van der Waals surface area (Å²) >= 11 is 0. The highest BCUT2D eigenvalue weighted by molar-refractivity contribution is 5.98. The van der Waals surface area contributed by atoms with Crippen molar-refractivity contribution in [2.45, 2.75) is 56.7 Å². The zero-order chi connectivity index (χ0) is 24.4. The van der Waals surface area contributed by atoms with E-state index in [1.165, 1.54) is 12.8 Å². The molecule has 10 nitrogen and oxygen atoms in total. The highest BCUT2D eigenvalue weighted by atomic mass is 16.2. The molecule has 0 radical (unpaired) electrons. The van der Waals surface area contributed by atoms with Gasteiger partial charge in [0, 0.05) is 61.5 Å². The van der Waals surface area contributed by atoms with Crippen molar-refractivity contribution >= 4 is 34.6 Å². The second-order valence-corrected chi connectivity index (χ2v) is 10.7. The standard InChI is InChI=1S/C26H30N8O2/c1-27-23(35)18-10-16-12-29-25(32-22(16)34(18)17-4-2-3-5-17)31-21-7-6-15(11-28-21)24(36)33-13-20-26(14-33)9-8-19(26)30-20/h6-7,10-12,17,19-20,30H,2-5,8-9,13-14H2,1H3,(H,27,35)(H,28,29,31,32). The first-order valence-corrected chi connectivity index (χ1v) is 12.9. The fourth-order valence-corrected chi connectivity index (χ4v) is 6.76. The van der Waals surface area contributed by atoms with Crippen molar-refractivity contribution in [3.05, 3.63) is 41.9 Å². The Balaban J connectivity index is 1.11. The van der Waals surface area contributed by atoms with Crippen molar-refractivity contribution in [2.75, 3.05) is 25.5 Å². The zero-order valence-corrected chi connectivity index (χ0v) is 20.3. The Kier molecular flexibility index (Phi) is 4.82. The van der Waals surface area contributed by atoms with Crippen molar-refractivity contribution in [2.24, 2.45) is 5.41 Å². The number of rotatable bonds is 5. The number of pyridine rings is 1. The fourth-order valence-electron chi connectivity index (χ4n) is 6.76. The SMILES string of the molecule is CNC(=O)c1cc2cnc(Nc3ccc(C(=O)N4CC5NC6CCC65C4)cn3)nc2n1C1CCCC1. The van der Waals surface area contributed by atoms with Crippen LogP contribution in [-0.4, -0.2) is 68.5 Å². The van der Waals surface area contributed by atoms with Gasteiger partial charge in [-0.2, -0.15) is 4.98 Å². The van der Waals surface area contributed by atoms with Gasteiger partial charge in [0.1, 0.15) is 17.2 Å². The van der Waals surface area contributed by atoms with Crippen LogP contribution in [0.1, 0.15) is 65.4 Å². The van der Waals surface area contributed by atoms with Gasteiger partial charge in [-0.3, -0.25) is 9.59 Å². The molecule has 3 aromatic heterocycles. The summed E-state index contributed by atoms with van der Waals surface area (Å²) in [4.78, 5) is 41.3. The van der Waals surface area contributed by atoms with Crippen molar-refractivity contribution in [1.29, 1.82) is 0 Å². The summed E-state index contributed by atoms with van der Waals surface area (Å²) in [6, 6.07) is 6.77. The van der Waals surface area contributed by atoms with Gasteiger partial charge >= 0.3 is 0 Å². The molecule has 2 saturated carbocycles. The van der Waals surface area contributed by atoms with Crippen molar-refractivity contribution in [3.63, 3.8) is 0 Å². The molecule has 2 saturated heterocycles. The Bertz CT molecular complexity index is 1360. The van der Waals surface area contributed by atoms with E-state index in [4.69, 9.17) is 4.98 Å². The van der Waals surface area contributed by atoms with Gasteiger partial charge in [-0.05, 0) is 43.9 Å². The third-order valence-corrected chi connectivity index (χ3v) is 8.84. The minimum absolute atomic E-state index is 0.0408. The summed E-state index contributed by atoms with van der Waals surface area (Å²) in [6.07, 6.45) is 10.2. The van der Waals surface area contributed by atoms with E-state index in [9.17, 15) is 9.59 Å². The number of carbonyl (C=O) groups excluding carboxylic acids is 2. The van der Waals surface area contributed by atoms with Crippen molar-refractivity contribution < 1.29 is 9.59 Å². The maximum Gasteiger partial charge on any atom is 0.267 e. The van der Waals surface area contributed by atoms with Crippen LogP contribution in [0.25, 0.3) is 11.0 Å². The Morgan fingerprint density at radius 1 is 1.11 bits per heavy atom. The average molecular weight is 487 g/mol. The number of fused-ring (bicyclic) bond motifs is 1. The molecule has 2 aliphatic heterocycles. The van der Waals surface area contributed by atoms with Crippen LogP contribution in [-0.2, 0) is 0 Å². The van der Waals surface area contributed by atoms with E-state index in [-0.39, 0.29) is 17.9 Å². The molecule has 4 fully saturated rings. The molecule has 3 aromatic rings. The Labute approximate surface area is 208 Å². The third kappa shape index (κ3) is 3.16. The lowest BCUT2D eigenvalue weighted by molar-refractivity contribution is -0.0436. The number of amides is 2. The number of aromatic nitrogens is 4. The molecule has 186 valence electrons. The third-order valence-electron chi connectivity index (χ3n) is 8.84. The molecular formula is C26H30N8O2. The predicted molar refractivity (Wildman–Crippen MR) is 134 cm³/mol. The molecule has 1 spiro atoms.